The number of carboxylic acids is 1. The van der Waals surface area contributed by atoms with Crippen molar-refractivity contribution in [3.8, 4) is 0 Å². The number of aliphatic carboxylic acids is 1. The predicted molar refractivity (Wildman–Crippen MR) is 62.9 cm³/mol. The third kappa shape index (κ3) is 2.95. The molecular formula is C9H8BrIO2. The minimum absolute atomic E-state index is 0.0846. The molecule has 0 saturated heterocycles. The van der Waals surface area contributed by atoms with E-state index in [0.29, 0.717) is 0 Å². The van der Waals surface area contributed by atoms with Gasteiger partial charge in [0.2, 0.25) is 0 Å². The zero-order valence-corrected chi connectivity index (χ0v) is 10.7. The van der Waals surface area contributed by atoms with E-state index in [1.807, 2.05) is 19.1 Å². The molecule has 0 spiro atoms. The third-order valence-electron chi connectivity index (χ3n) is 1.76. The molecular weight excluding hydrogens is 347 g/mol. The lowest BCUT2D eigenvalue weighted by Gasteiger charge is -2.06. The summed E-state index contributed by atoms with van der Waals surface area (Å²) in [5.74, 6) is -0.794. The minimum atomic E-state index is -0.794. The normalized spacial score (nSPS) is 10.1. The molecule has 1 aromatic carbocycles. The lowest BCUT2D eigenvalue weighted by molar-refractivity contribution is -0.136. The molecule has 1 N–H and O–H groups in total. The number of carbonyl (C=O) groups is 1. The van der Waals surface area contributed by atoms with E-state index in [4.69, 9.17) is 5.11 Å². The van der Waals surface area contributed by atoms with Gasteiger partial charge in [0.1, 0.15) is 0 Å². The largest absolute Gasteiger partial charge is 0.481 e. The van der Waals surface area contributed by atoms with E-state index in [1.54, 1.807) is 0 Å². The quantitative estimate of drug-likeness (QED) is 0.829. The number of hydrogen-bond donors (Lipinski definition) is 1. The second kappa shape index (κ2) is 4.41. The standard InChI is InChI=1S/C9H8BrIO2/c1-5-6(3-9(12)13)2-7(11)4-8(5)10/h2,4H,3H2,1H3,(H,12,13). The molecule has 0 radical (unpaired) electrons. The molecule has 0 unspecified atom stereocenters. The van der Waals surface area contributed by atoms with E-state index < -0.39 is 5.97 Å². The summed E-state index contributed by atoms with van der Waals surface area (Å²) in [5, 5.41) is 8.66. The summed E-state index contributed by atoms with van der Waals surface area (Å²) >= 11 is 5.56. The second-order valence-corrected chi connectivity index (χ2v) is 4.84. The number of hydrogen-bond acceptors (Lipinski definition) is 1. The number of benzene rings is 1. The fourth-order valence-electron chi connectivity index (χ4n) is 1.05. The molecule has 0 atom stereocenters. The van der Waals surface area contributed by atoms with Gasteiger partial charge in [-0.25, -0.2) is 0 Å². The maximum absolute atomic E-state index is 10.5. The van der Waals surface area contributed by atoms with Gasteiger partial charge in [-0.15, -0.1) is 0 Å². The molecule has 0 aliphatic heterocycles. The topological polar surface area (TPSA) is 37.3 Å². The highest BCUT2D eigenvalue weighted by Crippen LogP contribution is 2.23. The van der Waals surface area contributed by atoms with Crippen molar-refractivity contribution >= 4 is 44.5 Å². The van der Waals surface area contributed by atoms with Crippen LogP contribution in [0.3, 0.4) is 0 Å². The van der Waals surface area contributed by atoms with Crippen molar-refractivity contribution in [3.05, 3.63) is 31.3 Å². The summed E-state index contributed by atoms with van der Waals surface area (Å²) in [6.07, 6.45) is 0.0846. The summed E-state index contributed by atoms with van der Waals surface area (Å²) in [4.78, 5) is 10.5. The highest BCUT2D eigenvalue weighted by Gasteiger charge is 2.07. The van der Waals surface area contributed by atoms with Crippen LogP contribution in [0.1, 0.15) is 11.1 Å². The smallest absolute Gasteiger partial charge is 0.307 e. The van der Waals surface area contributed by atoms with Gasteiger partial charge in [-0.1, -0.05) is 15.9 Å². The number of carboxylic acid groups (broad SMARTS) is 1. The summed E-state index contributed by atoms with van der Waals surface area (Å²) < 4.78 is 2.02. The van der Waals surface area contributed by atoms with Crippen molar-refractivity contribution in [1.82, 2.24) is 0 Å². The maximum atomic E-state index is 10.5. The molecule has 0 saturated carbocycles. The highest BCUT2D eigenvalue weighted by molar-refractivity contribution is 14.1. The maximum Gasteiger partial charge on any atom is 0.307 e. The summed E-state index contributed by atoms with van der Waals surface area (Å²) in [6.45, 7) is 1.92. The van der Waals surface area contributed by atoms with Crippen molar-refractivity contribution in [2.75, 3.05) is 0 Å². The average Bonchev–Trinajstić information content (AvgIpc) is 1.98. The van der Waals surface area contributed by atoms with Crippen molar-refractivity contribution in [3.63, 3.8) is 0 Å². The van der Waals surface area contributed by atoms with E-state index >= 15 is 0 Å². The fraction of sp³-hybridized carbons (Fsp3) is 0.222. The second-order valence-electron chi connectivity index (χ2n) is 2.74. The van der Waals surface area contributed by atoms with Gasteiger partial charge in [-0.05, 0) is 52.8 Å². The van der Waals surface area contributed by atoms with Crippen LogP contribution in [0.4, 0.5) is 0 Å². The summed E-state index contributed by atoms with van der Waals surface area (Å²) in [5.41, 5.74) is 1.87. The molecule has 0 aliphatic rings. The molecule has 0 aliphatic carbocycles. The van der Waals surface area contributed by atoms with Gasteiger partial charge in [0.05, 0.1) is 6.42 Å². The van der Waals surface area contributed by atoms with Gasteiger partial charge in [0.25, 0.3) is 0 Å². The van der Waals surface area contributed by atoms with Crippen molar-refractivity contribution in [1.29, 1.82) is 0 Å². The molecule has 70 valence electrons. The molecule has 0 aromatic heterocycles. The average molecular weight is 355 g/mol. The molecule has 1 rings (SSSR count). The van der Waals surface area contributed by atoms with Gasteiger partial charge in [-0.2, -0.15) is 0 Å². The molecule has 4 heteroatoms. The minimum Gasteiger partial charge on any atom is -0.481 e. The first-order valence-corrected chi connectivity index (χ1v) is 5.54. The monoisotopic (exact) mass is 354 g/mol. The SMILES string of the molecule is Cc1c(Br)cc(I)cc1CC(=O)O. The van der Waals surface area contributed by atoms with Crippen molar-refractivity contribution in [2.24, 2.45) is 0 Å². The first kappa shape index (κ1) is 11.0. The Morgan fingerprint density at radius 3 is 2.77 bits per heavy atom. The zero-order chi connectivity index (χ0) is 10.0. The van der Waals surface area contributed by atoms with Crippen LogP contribution in [-0.4, -0.2) is 11.1 Å². The van der Waals surface area contributed by atoms with Crippen LogP contribution in [0.5, 0.6) is 0 Å². The summed E-state index contributed by atoms with van der Waals surface area (Å²) in [7, 11) is 0. The van der Waals surface area contributed by atoms with Crippen molar-refractivity contribution in [2.45, 2.75) is 13.3 Å². The van der Waals surface area contributed by atoms with E-state index in [-0.39, 0.29) is 6.42 Å². The van der Waals surface area contributed by atoms with Crippen molar-refractivity contribution < 1.29 is 9.90 Å². The molecule has 0 fully saturated rings. The predicted octanol–water partition coefficient (Wildman–Crippen LogP) is 2.99. The Balaban J connectivity index is 3.12. The Hall–Kier alpha value is -0.100. The van der Waals surface area contributed by atoms with Crippen LogP contribution in [0.2, 0.25) is 0 Å². The fourth-order valence-corrected chi connectivity index (χ4v) is 2.66. The van der Waals surface area contributed by atoms with Crippen LogP contribution in [-0.2, 0) is 11.2 Å². The van der Waals surface area contributed by atoms with Crippen LogP contribution >= 0.6 is 38.5 Å². The Bertz CT molecular complexity index is 350. The first-order chi connectivity index (χ1) is 6.00. The number of halogens is 2. The van der Waals surface area contributed by atoms with Gasteiger partial charge >= 0.3 is 5.97 Å². The molecule has 0 amide bonds. The van der Waals surface area contributed by atoms with Gasteiger partial charge in [0.15, 0.2) is 0 Å². The zero-order valence-electron chi connectivity index (χ0n) is 6.97. The lowest BCUT2D eigenvalue weighted by atomic mass is 10.1. The Labute approximate surface area is 98.6 Å². The molecule has 0 heterocycles. The molecule has 2 nitrogen and oxygen atoms in total. The summed E-state index contributed by atoms with van der Waals surface area (Å²) in [6, 6.07) is 3.87. The van der Waals surface area contributed by atoms with E-state index in [1.165, 1.54) is 0 Å². The van der Waals surface area contributed by atoms with Gasteiger partial charge in [-0.3, -0.25) is 4.79 Å². The van der Waals surface area contributed by atoms with Gasteiger partial charge < -0.3 is 5.11 Å². The Morgan fingerprint density at radius 2 is 2.23 bits per heavy atom. The van der Waals surface area contributed by atoms with E-state index in [9.17, 15) is 4.79 Å². The van der Waals surface area contributed by atoms with Crippen LogP contribution in [0, 0.1) is 10.5 Å². The Morgan fingerprint density at radius 1 is 1.62 bits per heavy atom. The first-order valence-electron chi connectivity index (χ1n) is 3.67. The van der Waals surface area contributed by atoms with Crippen LogP contribution in [0.25, 0.3) is 0 Å². The molecule has 1 aromatic rings. The molecule has 0 bridgehead atoms. The number of rotatable bonds is 2. The lowest BCUT2D eigenvalue weighted by Crippen LogP contribution is -2.02. The van der Waals surface area contributed by atoms with Gasteiger partial charge in [0, 0.05) is 8.04 Å². The van der Waals surface area contributed by atoms with Crippen LogP contribution < -0.4 is 0 Å². The van der Waals surface area contributed by atoms with E-state index in [2.05, 4.69) is 38.5 Å². The molecule has 13 heavy (non-hydrogen) atoms. The Kier molecular flexibility index (Phi) is 3.73. The van der Waals surface area contributed by atoms with E-state index in [0.717, 1.165) is 19.2 Å². The van der Waals surface area contributed by atoms with Crippen LogP contribution in [0.15, 0.2) is 16.6 Å². The third-order valence-corrected chi connectivity index (χ3v) is 3.20. The highest BCUT2D eigenvalue weighted by atomic mass is 127.